The molecule has 0 aliphatic rings. The third kappa shape index (κ3) is 5.13. The molecular weight excluding hydrogens is 314 g/mol. The highest BCUT2D eigenvalue weighted by atomic mass is 32.2. The van der Waals surface area contributed by atoms with Gasteiger partial charge in [-0.2, -0.15) is 0 Å². The molecule has 2 aromatic carbocycles. The Labute approximate surface area is 150 Å². The summed E-state index contributed by atoms with van der Waals surface area (Å²) < 4.78 is 0. The van der Waals surface area contributed by atoms with Gasteiger partial charge in [-0.05, 0) is 43.9 Å². The fraction of sp³-hybridized carbons (Fsp3) is 0.381. The highest BCUT2D eigenvalue weighted by molar-refractivity contribution is 7.99. The highest BCUT2D eigenvalue weighted by Gasteiger charge is 2.19. The van der Waals surface area contributed by atoms with Gasteiger partial charge in [0.05, 0.1) is 11.3 Å². The number of benzene rings is 2. The molecule has 2 aromatic rings. The first-order chi connectivity index (χ1) is 11.5. The number of hydrogen-bond donors (Lipinski definition) is 1. The van der Waals surface area contributed by atoms with Crippen molar-refractivity contribution in [2.45, 2.75) is 51.2 Å². The number of rotatable bonds is 7. The van der Waals surface area contributed by atoms with E-state index in [1.165, 1.54) is 22.3 Å². The van der Waals surface area contributed by atoms with Gasteiger partial charge in [-0.25, -0.2) is 0 Å². The average molecular weight is 342 g/mol. The van der Waals surface area contributed by atoms with Gasteiger partial charge in [0.25, 0.3) is 0 Å². The normalized spacial score (nSPS) is 13.3. The van der Waals surface area contributed by atoms with Crippen LogP contribution >= 0.6 is 11.8 Å². The molecule has 0 saturated heterocycles. The number of hydrogen-bond acceptors (Lipinski definition) is 2. The molecular formula is C21H27NOS. The van der Waals surface area contributed by atoms with Gasteiger partial charge in [-0.3, -0.25) is 4.79 Å². The van der Waals surface area contributed by atoms with E-state index in [0.29, 0.717) is 0 Å². The highest BCUT2D eigenvalue weighted by Crippen LogP contribution is 2.23. The maximum Gasteiger partial charge on any atom is 0.233 e. The molecule has 0 saturated carbocycles. The Kier molecular flexibility index (Phi) is 6.92. The summed E-state index contributed by atoms with van der Waals surface area (Å²) in [4.78, 5) is 12.6. The van der Waals surface area contributed by atoms with Gasteiger partial charge in [0.15, 0.2) is 0 Å². The van der Waals surface area contributed by atoms with Crippen LogP contribution in [0.4, 0.5) is 0 Å². The molecule has 0 heterocycles. The minimum Gasteiger partial charge on any atom is -0.348 e. The third-order valence-corrected chi connectivity index (χ3v) is 5.45. The molecule has 0 radical (unpaired) electrons. The molecule has 2 nitrogen and oxygen atoms in total. The van der Waals surface area contributed by atoms with Crippen LogP contribution in [0.2, 0.25) is 0 Å². The van der Waals surface area contributed by atoms with E-state index in [4.69, 9.17) is 0 Å². The van der Waals surface area contributed by atoms with Gasteiger partial charge < -0.3 is 5.32 Å². The van der Waals surface area contributed by atoms with E-state index in [1.54, 1.807) is 11.8 Å². The lowest BCUT2D eigenvalue weighted by atomic mass is 9.97. The summed E-state index contributed by atoms with van der Waals surface area (Å²) in [5.41, 5.74) is 4.97. The SMILES string of the molecule is CC[C@H](NC(=O)[C@H](C)SCc1ccccc1)c1ccc(C)cc1C. The first-order valence-corrected chi connectivity index (χ1v) is 9.59. The standard InChI is InChI=1S/C21H27NOS/c1-5-20(19-12-11-15(2)13-16(19)3)22-21(23)17(4)24-14-18-9-7-6-8-10-18/h6-13,17,20H,5,14H2,1-4H3,(H,22,23)/t17-,20-/m0/s1. The summed E-state index contributed by atoms with van der Waals surface area (Å²) in [6.07, 6.45) is 0.895. The molecule has 0 unspecified atom stereocenters. The maximum atomic E-state index is 12.6. The van der Waals surface area contributed by atoms with Crippen LogP contribution in [0, 0.1) is 13.8 Å². The van der Waals surface area contributed by atoms with Crippen LogP contribution < -0.4 is 5.32 Å². The molecule has 3 heteroatoms. The van der Waals surface area contributed by atoms with E-state index in [-0.39, 0.29) is 17.2 Å². The van der Waals surface area contributed by atoms with Crippen LogP contribution in [-0.2, 0) is 10.5 Å². The van der Waals surface area contributed by atoms with Crippen molar-refractivity contribution in [3.05, 3.63) is 70.8 Å². The monoisotopic (exact) mass is 341 g/mol. The van der Waals surface area contributed by atoms with Crippen molar-refractivity contribution in [3.63, 3.8) is 0 Å². The number of nitrogens with one attached hydrogen (secondary N) is 1. The fourth-order valence-corrected chi connectivity index (χ4v) is 3.63. The summed E-state index contributed by atoms with van der Waals surface area (Å²) in [6.45, 7) is 8.31. The number of amides is 1. The zero-order valence-corrected chi connectivity index (χ0v) is 15.8. The summed E-state index contributed by atoms with van der Waals surface area (Å²) in [6, 6.07) is 16.8. The van der Waals surface area contributed by atoms with Crippen LogP contribution in [0.3, 0.4) is 0 Å². The topological polar surface area (TPSA) is 29.1 Å². The Hall–Kier alpha value is -1.74. The number of carbonyl (C=O) groups excluding carboxylic acids is 1. The summed E-state index contributed by atoms with van der Waals surface area (Å²) in [7, 11) is 0. The van der Waals surface area contributed by atoms with Crippen LogP contribution in [-0.4, -0.2) is 11.2 Å². The largest absolute Gasteiger partial charge is 0.348 e. The molecule has 0 bridgehead atoms. The molecule has 0 aliphatic heterocycles. The lowest BCUT2D eigenvalue weighted by molar-refractivity contribution is -0.121. The Morgan fingerprint density at radius 1 is 1.12 bits per heavy atom. The molecule has 0 fully saturated rings. The van der Waals surface area contributed by atoms with Gasteiger partial charge in [0.2, 0.25) is 5.91 Å². The summed E-state index contributed by atoms with van der Waals surface area (Å²) in [5.74, 6) is 0.971. The van der Waals surface area contributed by atoms with Crippen LogP contribution in [0.1, 0.15) is 48.6 Å². The van der Waals surface area contributed by atoms with Gasteiger partial charge >= 0.3 is 0 Å². The molecule has 128 valence electrons. The van der Waals surface area contributed by atoms with E-state index in [9.17, 15) is 4.79 Å². The van der Waals surface area contributed by atoms with E-state index in [0.717, 1.165) is 12.2 Å². The van der Waals surface area contributed by atoms with Crippen molar-refractivity contribution < 1.29 is 4.79 Å². The lowest BCUT2D eigenvalue weighted by Gasteiger charge is -2.22. The zero-order valence-electron chi connectivity index (χ0n) is 15.0. The average Bonchev–Trinajstić information content (AvgIpc) is 2.58. The Morgan fingerprint density at radius 3 is 2.46 bits per heavy atom. The van der Waals surface area contributed by atoms with Crippen LogP contribution in [0.5, 0.6) is 0 Å². The number of aryl methyl sites for hydroxylation is 2. The van der Waals surface area contributed by atoms with Gasteiger partial charge in [0.1, 0.15) is 0 Å². The van der Waals surface area contributed by atoms with E-state index in [2.05, 4.69) is 56.4 Å². The van der Waals surface area contributed by atoms with Crippen molar-refractivity contribution in [2.24, 2.45) is 0 Å². The predicted molar refractivity (Wildman–Crippen MR) is 104 cm³/mol. The third-order valence-electron chi connectivity index (χ3n) is 4.24. The summed E-state index contributed by atoms with van der Waals surface area (Å²) in [5, 5.41) is 3.15. The van der Waals surface area contributed by atoms with E-state index < -0.39 is 0 Å². The molecule has 0 spiro atoms. The van der Waals surface area contributed by atoms with Gasteiger partial charge in [-0.1, -0.05) is 61.0 Å². The summed E-state index contributed by atoms with van der Waals surface area (Å²) >= 11 is 1.68. The Balaban J connectivity index is 1.95. The first-order valence-electron chi connectivity index (χ1n) is 8.54. The smallest absolute Gasteiger partial charge is 0.233 e. The zero-order chi connectivity index (χ0) is 17.5. The second-order valence-corrected chi connectivity index (χ2v) is 7.60. The second-order valence-electron chi connectivity index (χ2n) is 6.27. The van der Waals surface area contributed by atoms with Gasteiger partial charge in [-0.15, -0.1) is 11.8 Å². The van der Waals surface area contributed by atoms with Crippen molar-refractivity contribution >= 4 is 17.7 Å². The van der Waals surface area contributed by atoms with E-state index in [1.807, 2.05) is 25.1 Å². The fourth-order valence-electron chi connectivity index (χ4n) is 2.78. The van der Waals surface area contributed by atoms with Crippen LogP contribution in [0.25, 0.3) is 0 Å². The van der Waals surface area contributed by atoms with Crippen molar-refractivity contribution in [2.75, 3.05) is 0 Å². The van der Waals surface area contributed by atoms with E-state index >= 15 is 0 Å². The number of thioether (sulfide) groups is 1. The first kappa shape index (κ1) is 18.6. The van der Waals surface area contributed by atoms with Crippen molar-refractivity contribution in [1.29, 1.82) is 0 Å². The molecule has 1 amide bonds. The number of carbonyl (C=O) groups is 1. The maximum absolute atomic E-state index is 12.6. The predicted octanol–water partition coefficient (Wildman–Crippen LogP) is 5.19. The van der Waals surface area contributed by atoms with Gasteiger partial charge in [0, 0.05) is 5.75 Å². The second kappa shape index (κ2) is 8.93. The molecule has 0 aromatic heterocycles. The molecule has 2 atom stereocenters. The molecule has 2 rings (SSSR count). The minimum atomic E-state index is -0.0648. The minimum absolute atomic E-state index is 0.0648. The lowest BCUT2D eigenvalue weighted by Crippen LogP contribution is -2.34. The molecule has 0 aliphatic carbocycles. The Morgan fingerprint density at radius 2 is 1.83 bits per heavy atom. The van der Waals surface area contributed by atoms with Crippen molar-refractivity contribution in [3.8, 4) is 0 Å². The quantitative estimate of drug-likeness (QED) is 0.750. The van der Waals surface area contributed by atoms with Crippen molar-refractivity contribution in [1.82, 2.24) is 5.32 Å². The van der Waals surface area contributed by atoms with Crippen LogP contribution in [0.15, 0.2) is 48.5 Å². The molecule has 24 heavy (non-hydrogen) atoms. The Bertz CT molecular complexity index is 669. The molecule has 1 N–H and O–H groups in total.